The fourth-order valence-electron chi connectivity index (χ4n) is 3.16. The number of amides is 1. The first-order valence-corrected chi connectivity index (χ1v) is 11.3. The van der Waals surface area contributed by atoms with Crippen LogP contribution in [0.4, 0.5) is 11.4 Å². The van der Waals surface area contributed by atoms with Gasteiger partial charge in [-0.15, -0.1) is 0 Å². The van der Waals surface area contributed by atoms with Crippen LogP contribution >= 0.6 is 0 Å². The topological polar surface area (TPSA) is 84.9 Å². The van der Waals surface area contributed by atoms with Gasteiger partial charge in [-0.3, -0.25) is 9.10 Å². The summed E-state index contributed by atoms with van der Waals surface area (Å²) in [5.74, 6) is 0.355. The van der Waals surface area contributed by atoms with E-state index in [1.165, 1.54) is 20.3 Å². The van der Waals surface area contributed by atoms with Crippen molar-refractivity contribution in [3.8, 4) is 22.6 Å². The summed E-state index contributed by atoms with van der Waals surface area (Å²) in [5, 5.41) is 2.83. The number of ether oxygens (including phenoxy) is 2. The van der Waals surface area contributed by atoms with Gasteiger partial charge < -0.3 is 14.8 Å². The van der Waals surface area contributed by atoms with Gasteiger partial charge in [-0.2, -0.15) is 0 Å². The Kier molecular flexibility index (Phi) is 6.81. The molecule has 0 saturated heterocycles. The minimum Gasteiger partial charge on any atom is -0.493 e. The van der Waals surface area contributed by atoms with Crippen LogP contribution < -0.4 is 19.1 Å². The van der Waals surface area contributed by atoms with Crippen LogP contribution in [0.25, 0.3) is 11.1 Å². The number of sulfonamides is 1. The van der Waals surface area contributed by atoms with Gasteiger partial charge in [0.25, 0.3) is 0 Å². The molecule has 0 spiro atoms. The minimum absolute atomic E-state index is 0.298. The highest BCUT2D eigenvalue weighted by Crippen LogP contribution is 2.32. The highest BCUT2D eigenvalue weighted by atomic mass is 32.2. The van der Waals surface area contributed by atoms with Gasteiger partial charge in [0.1, 0.15) is 6.54 Å². The minimum atomic E-state index is -3.74. The highest BCUT2D eigenvalue weighted by molar-refractivity contribution is 7.92. The van der Waals surface area contributed by atoms with Gasteiger partial charge in [0, 0.05) is 17.3 Å². The third-order valence-electron chi connectivity index (χ3n) is 4.63. The van der Waals surface area contributed by atoms with Gasteiger partial charge in [0.15, 0.2) is 11.5 Å². The normalized spacial score (nSPS) is 10.9. The smallest absolute Gasteiger partial charge is 0.245 e. The molecule has 3 rings (SSSR count). The van der Waals surface area contributed by atoms with Crippen LogP contribution in [0, 0.1) is 0 Å². The van der Waals surface area contributed by atoms with E-state index in [4.69, 9.17) is 9.47 Å². The van der Waals surface area contributed by atoms with Crippen molar-refractivity contribution < 1.29 is 22.7 Å². The molecule has 8 heteroatoms. The van der Waals surface area contributed by atoms with Crippen LogP contribution in [0.15, 0.2) is 72.8 Å². The first-order chi connectivity index (χ1) is 14.8. The van der Waals surface area contributed by atoms with Crippen molar-refractivity contribution in [3.63, 3.8) is 0 Å². The maximum atomic E-state index is 12.8. The maximum absolute atomic E-state index is 12.8. The number of methoxy groups -OCH3 is 2. The van der Waals surface area contributed by atoms with Crippen molar-refractivity contribution in [1.82, 2.24) is 0 Å². The second-order valence-electron chi connectivity index (χ2n) is 6.77. The van der Waals surface area contributed by atoms with E-state index in [1.807, 2.05) is 48.5 Å². The van der Waals surface area contributed by atoms with Gasteiger partial charge >= 0.3 is 0 Å². The van der Waals surface area contributed by atoms with E-state index in [9.17, 15) is 13.2 Å². The molecule has 7 nitrogen and oxygen atoms in total. The van der Waals surface area contributed by atoms with E-state index in [2.05, 4.69) is 5.32 Å². The summed E-state index contributed by atoms with van der Waals surface area (Å²) >= 11 is 0. The molecule has 0 unspecified atom stereocenters. The van der Waals surface area contributed by atoms with Crippen molar-refractivity contribution in [1.29, 1.82) is 0 Å². The summed E-state index contributed by atoms with van der Waals surface area (Å²) in [4.78, 5) is 12.8. The summed E-state index contributed by atoms with van der Waals surface area (Å²) in [6, 6.07) is 21.7. The largest absolute Gasteiger partial charge is 0.493 e. The van der Waals surface area contributed by atoms with Crippen LogP contribution in [0.3, 0.4) is 0 Å². The van der Waals surface area contributed by atoms with Crippen LogP contribution in [0.2, 0.25) is 0 Å². The van der Waals surface area contributed by atoms with E-state index >= 15 is 0 Å². The van der Waals surface area contributed by atoms with Gasteiger partial charge in [-0.05, 0) is 23.8 Å². The Bertz CT molecular complexity index is 1160. The summed E-state index contributed by atoms with van der Waals surface area (Å²) in [6.45, 7) is -0.391. The molecular formula is C23H24N2O5S. The predicted molar refractivity (Wildman–Crippen MR) is 122 cm³/mol. The first-order valence-electron chi connectivity index (χ1n) is 9.47. The van der Waals surface area contributed by atoms with Crippen LogP contribution in [-0.2, 0) is 14.8 Å². The zero-order valence-electron chi connectivity index (χ0n) is 17.5. The van der Waals surface area contributed by atoms with Crippen LogP contribution in [0.1, 0.15) is 0 Å². The number of anilines is 2. The molecule has 0 aliphatic carbocycles. The highest BCUT2D eigenvalue weighted by Gasteiger charge is 2.23. The Morgan fingerprint density at radius 3 is 2.19 bits per heavy atom. The lowest BCUT2D eigenvalue weighted by molar-refractivity contribution is -0.114. The van der Waals surface area contributed by atoms with Crippen molar-refractivity contribution in [2.75, 3.05) is 36.6 Å². The quantitative estimate of drug-likeness (QED) is 0.576. The lowest BCUT2D eigenvalue weighted by Crippen LogP contribution is -2.37. The Hall–Kier alpha value is -3.52. The fourth-order valence-corrected chi connectivity index (χ4v) is 4.01. The molecule has 0 atom stereocenters. The second-order valence-corrected chi connectivity index (χ2v) is 8.68. The van der Waals surface area contributed by atoms with Gasteiger partial charge in [0.2, 0.25) is 15.9 Å². The number of para-hydroxylation sites is 1. The van der Waals surface area contributed by atoms with E-state index in [0.717, 1.165) is 21.7 Å². The molecule has 31 heavy (non-hydrogen) atoms. The summed E-state index contributed by atoms with van der Waals surface area (Å²) in [5.41, 5.74) is 2.68. The summed E-state index contributed by atoms with van der Waals surface area (Å²) < 4.78 is 36.4. The molecule has 0 saturated carbocycles. The number of carbonyl (C=O) groups excluding carboxylic acids is 1. The van der Waals surface area contributed by atoms with Gasteiger partial charge in [-0.1, -0.05) is 48.5 Å². The Balaban J connectivity index is 1.87. The summed E-state index contributed by atoms with van der Waals surface area (Å²) in [7, 11) is -0.788. The Morgan fingerprint density at radius 1 is 0.903 bits per heavy atom. The standard InChI is InChI=1S/C23H24N2O5S/c1-29-21-14-13-18(15-22(21)30-2)25(31(3,27)28)16-23(26)24-20-12-8-7-11-19(20)17-9-5-4-6-10-17/h4-15H,16H2,1-3H3,(H,24,26). The van der Waals surface area contributed by atoms with E-state index in [1.54, 1.807) is 18.2 Å². The number of benzene rings is 3. The maximum Gasteiger partial charge on any atom is 0.245 e. The zero-order chi connectivity index (χ0) is 22.4. The Morgan fingerprint density at radius 2 is 1.55 bits per heavy atom. The molecule has 0 fully saturated rings. The number of hydrogen-bond donors (Lipinski definition) is 1. The van der Waals surface area contributed by atoms with Gasteiger partial charge in [0.05, 0.1) is 26.2 Å². The number of carbonyl (C=O) groups is 1. The zero-order valence-corrected chi connectivity index (χ0v) is 18.3. The average Bonchev–Trinajstić information content (AvgIpc) is 2.77. The molecule has 1 amide bonds. The molecule has 0 bridgehead atoms. The van der Waals surface area contributed by atoms with Crippen LogP contribution in [0.5, 0.6) is 11.5 Å². The fraction of sp³-hybridized carbons (Fsp3) is 0.174. The average molecular weight is 441 g/mol. The van der Waals surface area contributed by atoms with Crippen molar-refractivity contribution in [2.24, 2.45) is 0 Å². The summed E-state index contributed by atoms with van der Waals surface area (Å²) in [6.07, 6.45) is 1.05. The molecular weight excluding hydrogens is 416 g/mol. The monoisotopic (exact) mass is 440 g/mol. The van der Waals surface area contributed by atoms with Crippen LogP contribution in [-0.4, -0.2) is 41.3 Å². The Labute approximate surface area is 182 Å². The number of nitrogens with zero attached hydrogens (tertiary/aromatic N) is 1. The molecule has 1 N–H and O–H groups in total. The first kappa shape index (κ1) is 22.2. The molecule has 3 aromatic rings. The van der Waals surface area contributed by atoms with Crippen molar-refractivity contribution in [2.45, 2.75) is 0 Å². The molecule has 3 aromatic carbocycles. The van der Waals surface area contributed by atoms with Crippen molar-refractivity contribution >= 4 is 27.3 Å². The number of rotatable bonds is 8. The SMILES string of the molecule is COc1ccc(N(CC(=O)Nc2ccccc2-c2ccccc2)S(C)(=O)=O)cc1OC. The van der Waals surface area contributed by atoms with E-state index in [0.29, 0.717) is 22.9 Å². The number of hydrogen-bond acceptors (Lipinski definition) is 5. The molecule has 0 aliphatic heterocycles. The number of nitrogens with one attached hydrogen (secondary N) is 1. The predicted octanol–water partition coefficient (Wildman–Crippen LogP) is 3.78. The molecule has 0 aromatic heterocycles. The molecule has 0 radical (unpaired) electrons. The molecule has 0 aliphatic rings. The molecule has 162 valence electrons. The van der Waals surface area contributed by atoms with Gasteiger partial charge in [-0.25, -0.2) is 8.42 Å². The van der Waals surface area contributed by atoms with E-state index < -0.39 is 22.5 Å². The lowest BCUT2D eigenvalue weighted by atomic mass is 10.0. The molecule has 0 heterocycles. The van der Waals surface area contributed by atoms with E-state index in [-0.39, 0.29) is 0 Å². The lowest BCUT2D eigenvalue weighted by Gasteiger charge is -2.23. The van der Waals surface area contributed by atoms with Crippen molar-refractivity contribution in [3.05, 3.63) is 72.8 Å². The third kappa shape index (κ3) is 5.35. The second kappa shape index (κ2) is 9.53. The third-order valence-corrected chi connectivity index (χ3v) is 5.77.